The van der Waals surface area contributed by atoms with Gasteiger partial charge in [0, 0.05) is 17.6 Å². The molecule has 3 atom stereocenters. The van der Waals surface area contributed by atoms with Gasteiger partial charge in [0.15, 0.2) is 0 Å². The van der Waals surface area contributed by atoms with Crippen LogP contribution < -0.4 is 5.32 Å². The van der Waals surface area contributed by atoms with E-state index in [1.165, 1.54) is 0 Å². The molecule has 1 aromatic rings. The van der Waals surface area contributed by atoms with Crippen molar-refractivity contribution in [2.75, 3.05) is 19.6 Å². The molecule has 1 aliphatic heterocycles. The van der Waals surface area contributed by atoms with Crippen molar-refractivity contribution in [3.63, 3.8) is 0 Å². The number of carbonyl (C=O) groups excluding carboxylic acids is 1. The number of morpholine rings is 1. The van der Waals surface area contributed by atoms with Crippen LogP contribution in [0, 0.1) is 0 Å². The Kier molecular flexibility index (Phi) is 5.79. The Morgan fingerprint density at radius 2 is 1.90 bits per heavy atom. The molecule has 1 amide bonds. The van der Waals surface area contributed by atoms with Crippen molar-refractivity contribution in [1.82, 2.24) is 10.2 Å². The summed E-state index contributed by atoms with van der Waals surface area (Å²) in [6, 6.07) is 8.04. The minimum atomic E-state index is 0.0153. The van der Waals surface area contributed by atoms with Gasteiger partial charge in [-0.1, -0.05) is 28.1 Å². The van der Waals surface area contributed by atoms with Gasteiger partial charge in [0.1, 0.15) is 0 Å². The van der Waals surface area contributed by atoms with E-state index in [1.54, 1.807) is 0 Å². The van der Waals surface area contributed by atoms with E-state index >= 15 is 0 Å². The van der Waals surface area contributed by atoms with Gasteiger partial charge >= 0.3 is 0 Å². The van der Waals surface area contributed by atoms with Crippen molar-refractivity contribution >= 4 is 21.8 Å². The number of nitrogens with one attached hydrogen (secondary N) is 1. The molecule has 1 saturated heterocycles. The van der Waals surface area contributed by atoms with Gasteiger partial charge in [0.25, 0.3) is 0 Å². The molecule has 0 aliphatic carbocycles. The van der Waals surface area contributed by atoms with Crippen LogP contribution in [0.2, 0.25) is 0 Å². The van der Waals surface area contributed by atoms with Gasteiger partial charge in [-0.25, -0.2) is 0 Å². The zero-order valence-electron chi connectivity index (χ0n) is 12.8. The second kappa shape index (κ2) is 7.38. The number of hydrogen-bond donors (Lipinski definition) is 1. The third-order valence-electron chi connectivity index (χ3n) is 3.61. The van der Waals surface area contributed by atoms with Crippen molar-refractivity contribution in [2.24, 2.45) is 0 Å². The molecule has 0 spiro atoms. The van der Waals surface area contributed by atoms with Crippen LogP contribution >= 0.6 is 15.9 Å². The summed E-state index contributed by atoms with van der Waals surface area (Å²) in [6.07, 6.45) is 0.371. The summed E-state index contributed by atoms with van der Waals surface area (Å²) in [4.78, 5) is 14.3. The van der Waals surface area contributed by atoms with Crippen molar-refractivity contribution in [1.29, 1.82) is 0 Å². The van der Waals surface area contributed by atoms with Crippen LogP contribution in [0.25, 0.3) is 0 Å². The number of benzene rings is 1. The van der Waals surface area contributed by atoms with Gasteiger partial charge in [-0.15, -0.1) is 0 Å². The van der Waals surface area contributed by atoms with Crippen molar-refractivity contribution in [2.45, 2.75) is 39.0 Å². The number of rotatable bonds is 4. The van der Waals surface area contributed by atoms with Gasteiger partial charge < -0.3 is 10.1 Å². The molecule has 0 aromatic heterocycles. The Morgan fingerprint density at radius 1 is 1.33 bits per heavy atom. The van der Waals surface area contributed by atoms with Crippen LogP contribution in [-0.4, -0.2) is 42.6 Å². The highest BCUT2D eigenvalue weighted by Crippen LogP contribution is 2.16. The first-order valence-corrected chi connectivity index (χ1v) is 8.16. The molecule has 1 aromatic carbocycles. The highest BCUT2D eigenvalue weighted by molar-refractivity contribution is 9.10. The van der Waals surface area contributed by atoms with Crippen LogP contribution in [0.1, 0.15) is 32.4 Å². The smallest absolute Gasteiger partial charge is 0.234 e. The minimum Gasteiger partial charge on any atom is -0.373 e. The predicted octanol–water partition coefficient (Wildman–Crippen LogP) is 2.74. The monoisotopic (exact) mass is 354 g/mol. The highest BCUT2D eigenvalue weighted by atomic mass is 79.9. The summed E-state index contributed by atoms with van der Waals surface area (Å²) in [5, 5.41) is 3.06. The fourth-order valence-corrected chi connectivity index (χ4v) is 3.00. The Hall–Kier alpha value is -0.910. The van der Waals surface area contributed by atoms with E-state index in [0.717, 1.165) is 23.1 Å². The summed E-state index contributed by atoms with van der Waals surface area (Å²) < 4.78 is 6.72. The first-order valence-electron chi connectivity index (χ1n) is 7.36. The molecule has 116 valence electrons. The third-order valence-corrected chi connectivity index (χ3v) is 4.14. The molecule has 21 heavy (non-hydrogen) atoms. The summed E-state index contributed by atoms with van der Waals surface area (Å²) in [6.45, 7) is 8.15. The molecule has 0 saturated carbocycles. The van der Waals surface area contributed by atoms with Crippen molar-refractivity contribution in [3.8, 4) is 0 Å². The number of ether oxygens (including phenoxy) is 1. The van der Waals surface area contributed by atoms with E-state index < -0.39 is 0 Å². The topological polar surface area (TPSA) is 41.6 Å². The van der Waals surface area contributed by atoms with Crippen LogP contribution in [0.15, 0.2) is 28.7 Å². The highest BCUT2D eigenvalue weighted by Gasteiger charge is 2.24. The number of carbonyl (C=O) groups is 1. The summed E-state index contributed by atoms with van der Waals surface area (Å²) in [5.74, 6) is 0.0618. The zero-order valence-corrected chi connectivity index (χ0v) is 14.4. The zero-order chi connectivity index (χ0) is 15.4. The van der Waals surface area contributed by atoms with Gasteiger partial charge in [0.2, 0.25) is 5.91 Å². The second-order valence-electron chi connectivity index (χ2n) is 5.79. The normalized spacial score (nSPS) is 24.6. The Balaban J connectivity index is 1.85. The van der Waals surface area contributed by atoms with Crippen molar-refractivity contribution < 1.29 is 9.53 Å². The molecule has 0 bridgehead atoms. The molecular formula is C16H23BrN2O2. The SMILES string of the molecule is CC1CN(CC(=O)NC(C)c2ccc(Br)cc2)CC(C)O1. The lowest BCUT2D eigenvalue weighted by Gasteiger charge is -2.35. The van der Waals surface area contributed by atoms with E-state index in [4.69, 9.17) is 4.74 Å². The van der Waals surface area contributed by atoms with Crippen LogP contribution in [-0.2, 0) is 9.53 Å². The summed E-state index contributed by atoms with van der Waals surface area (Å²) in [5.41, 5.74) is 1.11. The van der Waals surface area contributed by atoms with Crippen LogP contribution in [0.5, 0.6) is 0 Å². The third kappa shape index (κ3) is 5.09. The largest absolute Gasteiger partial charge is 0.373 e. The standard InChI is InChI=1S/C16H23BrN2O2/c1-11-8-19(9-12(2)21-11)10-16(20)18-13(3)14-4-6-15(17)7-5-14/h4-7,11-13H,8-10H2,1-3H3,(H,18,20). The number of halogens is 1. The van der Waals surface area contributed by atoms with Crippen molar-refractivity contribution in [3.05, 3.63) is 34.3 Å². The van der Waals surface area contributed by atoms with Gasteiger partial charge in [0.05, 0.1) is 24.8 Å². The van der Waals surface area contributed by atoms with E-state index in [2.05, 4.69) is 26.1 Å². The number of amides is 1. The van der Waals surface area contributed by atoms with Gasteiger partial charge in [-0.3, -0.25) is 9.69 Å². The van der Waals surface area contributed by atoms with E-state index in [-0.39, 0.29) is 24.2 Å². The Bertz CT molecular complexity index is 468. The predicted molar refractivity (Wildman–Crippen MR) is 87.1 cm³/mol. The molecule has 1 N–H and O–H groups in total. The molecule has 1 fully saturated rings. The summed E-state index contributed by atoms with van der Waals surface area (Å²) in [7, 11) is 0. The average Bonchev–Trinajstić information content (AvgIpc) is 2.37. The molecular weight excluding hydrogens is 332 g/mol. The lowest BCUT2D eigenvalue weighted by molar-refractivity contribution is -0.126. The average molecular weight is 355 g/mol. The maximum absolute atomic E-state index is 12.2. The van der Waals surface area contributed by atoms with E-state index in [9.17, 15) is 4.79 Å². The summed E-state index contributed by atoms with van der Waals surface area (Å²) >= 11 is 3.42. The molecule has 0 radical (unpaired) electrons. The van der Waals surface area contributed by atoms with Crippen LogP contribution in [0.3, 0.4) is 0 Å². The maximum atomic E-state index is 12.2. The Labute approximate surface area is 135 Å². The molecule has 4 nitrogen and oxygen atoms in total. The fraction of sp³-hybridized carbons (Fsp3) is 0.562. The molecule has 1 aliphatic rings. The van der Waals surface area contributed by atoms with Crippen LogP contribution in [0.4, 0.5) is 0 Å². The fourth-order valence-electron chi connectivity index (χ4n) is 2.74. The Morgan fingerprint density at radius 3 is 2.48 bits per heavy atom. The molecule has 1 heterocycles. The first-order chi connectivity index (χ1) is 9.94. The van der Waals surface area contributed by atoms with E-state index in [1.807, 2.05) is 45.0 Å². The maximum Gasteiger partial charge on any atom is 0.234 e. The molecule has 2 rings (SSSR count). The second-order valence-corrected chi connectivity index (χ2v) is 6.71. The first kappa shape index (κ1) is 16.5. The quantitative estimate of drug-likeness (QED) is 0.903. The molecule has 5 heteroatoms. The van der Waals surface area contributed by atoms with E-state index in [0.29, 0.717) is 6.54 Å². The lowest BCUT2D eigenvalue weighted by Crippen LogP contribution is -2.49. The van der Waals surface area contributed by atoms with Gasteiger partial charge in [-0.05, 0) is 38.5 Å². The number of hydrogen-bond acceptors (Lipinski definition) is 3. The number of nitrogens with zero attached hydrogens (tertiary/aromatic N) is 1. The lowest BCUT2D eigenvalue weighted by atomic mass is 10.1. The van der Waals surface area contributed by atoms with Gasteiger partial charge in [-0.2, -0.15) is 0 Å². The minimum absolute atomic E-state index is 0.0153. The molecule has 3 unspecified atom stereocenters.